The summed E-state index contributed by atoms with van der Waals surface area (Å²) >= 11 is 1.19. The number of amides is 2. The topological polar surface area (TPSA) is 84.2 Å². The van der Waals surface area contributed by atoms with Gasteiger partial charge in [0.15, 0.2) is 10.9 Å². The number of aromatic nitrogens is 1. The molecule has 30 heavy (non-hydrogen) atoms. The molecule has 0 aliphatic rings. The molecule has 150 valence electrons. The predicted octanol–water partition coefficient (Wildman–Crippen LogP) is 5.52. The first-order valence-corrected chi connectivity index (χ1v) is 10.1. The Hall–Kier alpha value is -3.71. The zero-order valence-corrected chi connectivity index (χ0v) is 17.2. The third-order valence-electron chi connectivity index (χ3n) is 4.46. The van der Waals surface area contributed by atoms with E-state index >= 15 is 0 Å². The van der Waals surface area contributed by atoms with Crippen LogP contribution in [-0.4, -0.2) is 16.8 Å². The van der Waals surface area contributed by atoms with Crippen LogP contribution in [0.5, 0.6) is 0 Å². The molecule has 0 saturated heterocycles. The highest BCUT2D eigenvalue weighted by Crippen LogP contribution is 2.36. The summed E-state index contributed by atoms with van der Waals surface area (Å²) in [5, 5.41) is 6.58. The highest BCUT2D eigenvalue weighted by Gasteiger charge is 2.19. The lowest BCUT2D eigenvalue weighted by Crippen LogP contribution is -2.11. The summed E-state index contributed by atoms with van der Waals surface area (Å²) in [5.74, 6) is -0.444. The van der Waals surface area contributed by atoms with Crippen LogP contribution < -0.4 is 10.6 Å². The van der Waals surface area contributed by atoms with Crippen LogP contribution in [0.2, 0.25) is 0 Å². The normalized spacial score (nSPS) is 10.6. The zero-order chi connectivity index (χ0) is 21.1. The summed E-state index contributed by atoms with van der Waals surface area (Å²) in [5.41, 5.74) is 4.14. The van der Waals surface area contributed by atoms with Crippen molar-refractivity contribution in [1.82, 2.24) is 4.98 Å². The van der Waals surface area contributed by atoms with Gasteiger partial charge in [-0.15, -0.1) is 0 Å². The number of nitrogens with one attached hydrogen (secondary N) is 2. The smallest absolute Gasteiger partial charge is 0.292 e. The predicted molar refractivity (Wildman–Crippen MR) is 118 cm³/mol. The van der Waals surface area contributed by atoms with Crippen LogP contribution in [-0.2, 0) is 0 Å². The van der Waals surface area contributed by atoms with Gasteiger partial charge in [0.2, 0.25) is 0 Å². The van der Waals surface area contributed by atoms with E-state index < -0.39 is 0 Å². The van der Waals surface area contributed by atoms with E-state index in [-0.39, 0.29) is 17.6 Å². The number of aryl methyl sites for hydroxylation is 2. The first-order chi connectivity index (χ1) is 14.5. The number of carbonyl (C=O) groups excluding carboxylic acids is 2. The van der Waals surface area contributed by atoms with Crippen LogP contribution in [0.25, 0.3) is 11.3 Å². The number of hydrogen-bond acceptors (Lipinski definition) is 5. The summed E-state index contributed by atoms with van der Waals surface area (Å²) in [6, 6.07) is 18.3. The molecule has 0 radical (unpaired) electrons. The largest absolute Gasteiger partial charge is 0.459 e. The Morgan fingerprint density at radius 1 is 0.867 bits per heavy atom. The molecule has 0 atom stereocenters. The Kier molecular flexibility index (Phi) is 5.45. The first-order valence-electron chi connectivity index (χ1n) is 9.30. The number of furan rings is 1. The third kappa shape index (κ3) is 4.31. The van der Waals surface area contributed by atoms with Crippen LogP contribution in [0.1, 0.15) is 32.0 Å². The molecule has 2 aromatic heterocycles. The molecule has 0 fully saturated rings. The van der Waals surface area contributed by atoms with E-state index in [2.05, 4.69) is 15.6 Å². The SMILES string of the molecule is Cc1ccc(C(=O)Nc2nc(-c3ccc(C)cc3)c(NC(=O)c3ccco3)s2)cc1. The molecule has 2 heterocycles. The van der Waals surface area contributed by atoms with Gasteiger partial charge in [-0.1, -0.05) is 58.9 Å². The number of thiazole rings is 1. The molecule has 0 aliphatic carbocycles. The number of rotatable bonds is 5. The van der Waals surface area contributed by atoms with E-state index in [0.717, 1.165) is 16.7 Å². The van der Waals surface area contributed by atoms with E-state index in [4.69, 9.17) is 4.42 Å². The maximum atomic E-state index is 12.6. The van der Waals surface area contributed by atoms with Gasteiger partial charge in [-0.25, -0.2) is 4.98 Å². The summed E-state index contributed by atoms with van der Waals surface area (Å²) in [6.45, 7) is 3.96. The molecule has 4 rings (SSSR count). The van der Waals surface area contributed by atoms with Gasteiger partial charge in [0.05, 0.1) is 6.26 Å². The van der Waals surface area contributed by atoms with E-state index in [1.54, 1.807) is 24.3 Å². The maximum absolute atomic E-state index is 12.6. The molecule has 7 heteroatoms. The van der Waals surface area contributed by atoms with Crippen molar-refractivity contribution in [2.24, 2.45) is 0 Å². The molecule has 6 nitrogen and oxygen atoms in total. The van der Waals surface area contributed by atoms with Crippen molar-refractivity contribution < 1.29 is 14.0 Å². The number of anilines is 2. The van der Waals surface area contributed by atoms with Crippen LogP contribution >= 0.6 is 11.3 Å². The summed E-state index contributed by atoms with van der Waals surface area (Å²) in [7, 11) is 0. The van der Waals surface area contributed by atoms with Gasteiger partial charge in [-0.05, 0) is 38.1 Å². The van der Waals surface area contributed by atoms with E-state index in [1.807, 2.05) is 50.2 Å². The minimum Gasteiger partial charge on any atom is -0.459 e. The van der Waals surface area contributed by atoms with Crippen molar-refractivity contribution in [2.45, 2.75) is 13.8 Å². The maximum Gasteiger partial charge on any atom is 0.292 e. The lowest BCUT2D eigenvalue weighted by atomic mass is 10.1. The quantitative estimate of drug-likeness (QED) is 0.447. The van der Waals surface area contributed by atoms with Gasteiger partial charge >= 0.3 is 0 Å². The standard InChI is InChI=1S/C23H19N3O3S/c1-14-5-9-16(10-6-14)19-22(25-21(28)18-4-3-13-29-18)30-23(24-19)26-20(27)17-11-7-15(2)8-12-17/h3-13H,1-2H3,(H,25,28)(H,24,26,27). The molecule has 0 spiro atoms. The minimum absolute atomic E-state index is 0.198. The average molecular weight is 417 g/mol. The van der Waals surface area contributed by atoms with E-state index in [1.165, 1.54) is 17.6 Å². The van der Waals surface area contributed by atoms with E-state index in [9.17, 15) is 9.59 Å². The fourth-order valence-corrected chi connectivity index (χ4v) is 3.69. The Bertz CT molecular complexity index is 1180. The second-order valence-electron chi connectivity index (χ2n) is 6.81. The molecule has 0 saturated carbocycles. The monoisotopic (exact) mass is 417 g/mol. The van der Waals surface area contributed by atoms with Crippen molar-refractivity contribution in [3.8, 4) is 11.3 Å². The second-order valence-corrected chi connectivity index (χ2v) is 7.81. The molecule has 0 aliphatic heterocycles. The first kappa shape index (κ1) is 19.6. The second kappa shape index (κ2) is 8.34. The van der Waals surface area contributed by atoms with Gasteiger partial charge in [-0.3, -0.25) is 14.9 Å². The van der Waals surface area contributed by atoms with Crippen LogP contribution in [0.4, 0.5) is 10.1 Å². The molecule has 2 amide bonds. The average Bonchev–Trinajstić information content (AvgIpc) is 3.39. The Balaban J connectivity index is 1.64. The lowest BCUT2D eigenvalue weighted by Gasteiger charge is -2.04. The van der Waals surface area contributed by atoms with Crippen molar-refractivity contribution in [1.29, 1.82) is 0 Å². The number of carbonyl (C=O) groups is 2. The lowest BCUT2D eigenvalue weighted by molar-refractivity contribution is 0.0995. The van der Waals surface area contributed by atoms with Gasteiger partial charge in [0, 0.05) is 11.1 Å². The fraction of sp³-hybridized carbons (Fsp3) is 0.0870. The highest BCUT2D eigenvalue weighted by atomic mass is 32.1. The molecule has 0 unspecified atom stereocenters. The fourth-order valence-electron chi connectivity index (χ4n) is 2.81. The Morgan fingerprint density at radius 2 is 1.53 bits per heavy atom. The van der Waals surface area contributed by atoms with Crippen molar-refractivity contribution in [3.05, 3.63) is 89.4 Å². The summed E-state index contributed by atoms with van der Waals surface area (Å²) < 4.78 is 5.17. The van der Waals surface area contributed by atoms with Crippen LogP contribution in [0, 0.1) is 13.8 Å². The number of nitrogens with zero attached hydrogens (tertiary/aromatic N) is 1. The molecule has 4 aromatic rings. The van der Waals surface area contributed by atoms with Gasteiger partial charge in [0.25, 0.3) is 11.8 Å². The van der Waals surface area contributed by atoms with Gasteiger partial charge in [0.1, 0.15) is 10.7 Å². The molecular weight excluding hydrogens is 398 g/mol. The molecule has 2 aromatic carbocycles. The van der Waals surface area contributed by atoms with Crippen molar-refractivity contribution in [2.75, 3.05) is 10.6 Å². The van der Waals surface area contributed by atoms with Crippen LogP contribution in [0.15, 0.2) is 71.3 Å². The summed E-state index contributed by atoms with van der Waals surface area (Å²) in [4.78, 5) is 29.6. The molecule has 2 N–H and O–H groups in total. The Morgan fingerprint density at radius 3 is 2.17 bits per heavy atom. The minimum atomic E-state index is -0.381. The molecular formula is C23H19N3O3S. The van der Waals surface area contributed by atoms with Gasteiger partial charge < -0.3 is 9.73 Å². The van der Waals surface area contributed by atoms with Gasteiger partial charge in [-0.2, -0.15) is 0 Å². The summed E-state index contributed by atoms with van der Waals surface area (Å²) in [6.07, 6.45) is 1.44. The third-order valence-corrected chi connectivity index (χ3v) is 5.34. The molecule has 0 bridgehead atoms. The van der Waals surface area contributed by atoms with Crippen LogP contribution in [0.3, 0.4) is 0 Å². The highest BCUT2D eigenvalue weighted by molar-refractivity contribution is 7.20. The number of hydrogen-bond donors (Lipinski definition) is 2. The number of benzene rings is 2. The zero-order valence-electron chi connectivity index (χ0n) is 16.4. The Labute approximate surface area is 177 Å². The van der Waals surface area contributed by atoms with Crippen molar-refractivity contribution >= 4 is 33.3 Å². The van der Waals surface area contributed by atoms with Crippen molar-refractivity contribution in [3.63, 3.8) is 0 Å². The van der Waals surface area contributed by atoms with E-state index in [0.29, 0.717) is 21.4 Å².